The van der Waals surface area contributed by atoms with Gasteiger partial charge in [0.15, 0.2) is 5.78 Å². The first kappa shape index (κ1) is 11.8. The van der Waals surface area contributed by atoms with Gasteiger partial charge < -0.3 is 4.90 Å². The van der Waals surface area contributed by atoms with Crippen molar-refractivity contribution in [3.8, 4) is 0 Å². The number of Topliss-reactive ketones (excluding diaryl/α,β-unsaturated/α-hetero) is 1. The zero-order valence-corrected chi connectivity index (χ0v) is 10.2. The molecule has 0 aliphatic rings. The number of anilines is 1. The number of rotatable bonds is 3. The Morgan fingerprint density at radius 2 is 1.87 bits per heavy atom. The SMILES string of the molecule is CC(=O)c1cc(C(C)C)ccc1N(C)C. The van der Waals surface area contributed by atoms with Crippen molar-refractivity contribution < 1.29 is 4.79 Å². The minimum absolute atomic E-state index is 0.126. The van der Waals surface area contributed by atoms with Gasteiger partial charge in [-0.15, -0.1) is 0 Å². The zero-order chi connectivity index (χ0) is 11.6. The molecule has 1 aromatic rings. The molecule has 0 heterocycles. The molecule has 0 saturated heterocycles. The normalized spacial score (nSPS) is 10.5. The van der Waals surface area contributed by atoms with Crippen LogP contribution in [-0.2, 0) is 0 Å². The fraction of sp³-hybridized carbons (Fsp3) is 0.462. The molecule has 0 bridgehead atoms. The molecule has 0 N–H and O–H groups in total. The van der Waals surface area contributed by atoms with Gasteiger partial charge in [0, 0.05) is 25.3 Å². The second-order valence-electron chi connectivity index (χ2n) is 4.38. The summed E-state index contributed by atoms with van der Waals surface area (Å²) in [4.78, 5) is 13.5. The Kier molecular flexibility index (Phi) is 3.51. The lowest BCUT2D eigenvalue weighted by molar-refractivity contribution is 0.101. The Morgan fingerprint density at radius 3 is 2.27 bits per heavy atom. The van der Waals surface area contributed by atoms with E-state index in [0.29, 0.717) is 5.92 Å². The summed E-state index contributed by atoms with van der Waals surface area (Å²) in [6, 6.07) is 6.11. The van der Waals surface area contributed by atoms with E-state index in [4.69, 9.17) is 0 Å². The predicted octanol–water partition coefficient (Wildman–Crippen LogP) is 3.08. The fourth-order valence-corrected chi connectivity index (χ4v) is 1.58. The lowest BCUT2D eigenvalue weighted by atomic mass is 9.98. The Balaban J connectivity index is 3.27. The van der Waals surface area contributed by atoms with E-state index in [0.717, 1.165) is 11.3 Å². The van der Waals surface area contributed by atoms with E-state index in [-0.39, 0.29) is 5.78 Å². The van der Waals surface area contributed by atoms with Crippen molar-refractivity contribution in [3.05, 3.63) is 29.3 Å². The van der Waals surface area contributed by atoms with E-state index in [1.807, 2.05) is 31.1 Å². The highest BCUT2D eigenvalue weighted by atomic mass is 16.1. The number of carbonyl (C=O) groups is 1. The topological polar surface area (TPSA) is 20.3 Å². The quantitative estimate of drug-likeness (QED) is 0.707. The standard InChI is InChI=1S/C13H19NO/c1-9(2)11-6-7-13(14(4)5)12(8-11)10(3)15/h6-9H,1-5H3. The van der Waals surface area contributed by atoms with E-state index >= 15 is 0 Å². The first-order chi connectivity index (χ1) is 6.93. The van der Waals surface area contributed by atoms with Gasteiger partial charge in [-0.2, -0.15) is 0 Å². The summed E-state index contributed by atoms with van der Waals surface area (Å²) in [7, 11) is 3.91. The molecule has 2 nitrogen and oxygen atoms in total. The highest BCUT2D eigenvalue weighted by Crippen LogP contribution is 2.24. The van der Waals surface area contributed by atoms with Crippen LogP contribution in [0.25, 0.3) is 0 Å². The molecular formula is C13H19NO. The minimum atomic E-state index is 0.126. The van der Waals surface area contributed by atoms with Crippen LogP contribution in [-0.4, -0.2) is 19.9 Å². The lowest BCUT2D eigenvalue weighted by Crippen LogP contribution is -2.13. The summed E-state index contributed by atoms with van der Waals surface area (Å²) in [5.41, 5.74) is 3.02. The molecule has 0 aliphatic carbocycles. The summed E-state index contributed by atoms with van der Waals surface area (Å²) >= 11 is 0. The average Bonchev–Trinajstić information content (AvgIpc) is 2.16. The van der Waals surface area contributed by atoms with Crippen LogP contribution in [0.1, 0.15) is 42.6 Å². The van der Waals surface area contributed by atoms with Crippen molar-refractivity contribution in [2.45, 2.75) is 26.7 Å². The van der Waals surface area contributed by atoms with Crippen molar-refractivity contribution in [1.82, 2.24) is 0 Å². The van der Waals surface area contributed by atoms with Gasteiger partial charge in [-0.05, 0) is 30.5 Å². The number of nitrogens with zero attached hydrogens (tertiary/aromatic N) is 1. The highest BCUT2D eigenvalue weighted by Gasteiger charge is 2.11. The van der Waals surface area contributed by atoms with Crippen molar-refractivity contribution >= 4 is 11.5 Å². The lowest BCUT2D eigenvalue weighted by Gasteiger charge is -2.18. The number of carbonyl (C=O) groups excluding carboxylic acids is 1. The Hall–Kier alpha value is -1.31. The van der Waals surface area contributed by atoms with E-state index in [9.17, 15) is 4.79 Å². The molecule has 15 heavy (non-hydrogen) atoms. The first-order valence-electron chi connectivity index (χ1n) is 5.25. The number of hydrogen-bond donors (Lipinski definition) is 0. The third kappa shape index (κ3) is 2.58. The molecular weight excluding hydrogens is 186 g/mol. The van der Waals surface area contributed by atoms with E-state index in [1.54, 1.807) is 6.92 Å². The Morgan fingerprint density at radius 1 is 1.27 bits per heavy atom. The minimum Gasteiger partial charge on any atom is -0.377 e. The average molecular weight is 205 g/mol. The Labute approximate surface area is 91.9 Å². The van der Waals surface area contributed by atoms with E-state index < -0.39 is 0 Å². The predicted molar refractivity (Wildman–Crippen MR) is 64.9 cm³/mol. The molecule has 0 spiro atoms. The molecule has 82 valence electrons. The van der Waals surface area contributed by atoms with Gasteiger partial charge in [0.2, 0.25) is 0 Å². The van der Waals surface area contributed by atoms with Crippen LogP contribution in [0.2, 0.25) is 0 Å². The number of hydrogen-bond acceptors (Lipinski definition) is 2. The zero-order valence-electron chi connectivity index (χ0n) is 10.2. The van der Waals surface area contributed by atoms with Crippen LogP contribution < -0.4 is 4.90 Å². The van der Waals surface area contributed by atoms with Crippen molar-refractivity contribution in [3.63, 3.8) is 0 Å². The molecule has 0 aromatic heterocycles. The molecule has 0 fully saturated rings. The molecule has 0 unspecified atom stereocenters. The molecule has 0 radical (unpaired) electrons. The van der Waals surface area contributed by atoms with Crippen molar-refractivity contribution in [1.29, 1.82) is 0 Å². The molecule has 0 aliphatic heterocycles. The first-order valence-corrected chi connectivity index (χ1v) is 5.25. The Bertz CT molecular complexity index is 367. The highest BCUT2D eigenvalue weighted by molar-refractivity contribution is 5.99. The van der Waals surface area contributed by atoms with Gasteiger partial charge in [-0.25, -0.2) is 0 Å². The van der Waals surface area contributed by atoms with Crippen LogP contribution in [0.5, 0.6) is 0 Å². The van der Waals surface area contributed by atoms with Crippen LogP contribution in [0.15, 0.2) is 18.2 Å². The van der Waals surface area contributed by atoms with Gasteiger partial charge in [-0.3, -0.25) is 4.79 Å². The second-order valence-corrected chi connectivity index (χ2v) is 4.38. The van der Waals surface area contributed by atoms with Crippen LogP contribution >= 0.6 is 0 Å². The van der Waals surface area contributed by atoms with Crippen LogP contribution in [0.4, 0.5) is 5.69 Å². The largest absolute Gasteiger partial charge is 0.377 e. The fourth-order valence-electron chi connectivity index (χ4n) is 1.58. The van der Waals surface area contributed by atoms with Crippen molar-refractivity contribution in [2.24, 2.45) is 0 Å². The van der Waals surface area contributed by atoms with Gasteiger partial charge >= 0.3 is 0 Å². The molecule has 0 amide bonds. The maximum absolute atomic E-state index is 11.5. The van der Waals surface area contributed by atoms with Gasteiger partial charge in [0.25, 0.3) is 0 Å². The molecule has 0 atom stereocenters. The van der Waals surface area contributed by atoms with Gasteiger partial charge in [0.05, 0.1) is 0 Å². The summed E-state index contributed by atoms with van der Waals surface area (Å²) < 4.78 is 0. The second kappa shape index (κ2) is 4.47. The smallest absolute Gasteiger partial charge is 0.161 e. The van der Waals surface area contributed by atoms with Gasteiger partial charge in [0.1, 0.15) is 0 Å². The van der Waals surface area contributed by atoms with Gasteiger partial charge in [-0.1, -0.05) is 19.9 Å². The van der Waals surface area contributed by atoms with Crippen molar-refractivity contribution in [2.75, 3.05) is 19.0 Å². The van der Waals surface area contributed by atoms with Crippen LogP contribution in [0, 0.1) is 0 Å². The summed E-state index contributed by atoms with van der Waals surface area (Å²) in [6.07, 6.45) is 0. The van der Waals surface area contributed by atoms with E-state index in [1.165, 1.54) is 5.56 Å². The molecule has 1 rings (SSSR count). The number of ketones is 1. The third-order valence-corrected chi connectivity index (χ3v) is 2.55. The summed E-state index contributed by atoms with van der Waals surface area (Å²) in [5.74, 6) is 0.584. The monoisotopic (exact) mass is 205 g/mol. The number of benzene rings is 1. The molecule has 1 aromatic carbocycles. The summed E-state index contributed by atoms with van der Waals surface area (Å²) in [5, 5.41) is 0. The van der Waals surface area contributed by atoms with Crippen LogP contribution in [0.3, 0.4) is 0 Å². The maximum atomic E-state index is 11.5. The molecule has 2 heteroatoms. The molecule has 0 saturated carbocycles. The third-order valence-electron chi connectivity index (χ3n) is 2.55. The van der Waals surface area contributed by atoms with E-state index in [2.05, 4.69) is 19.9 Å². The maximum Gasteiger partial charge on any atom is 0.161 e. The summed E-state index contributed by atoms with van der Waals surface area (Å²) in [6.45, 7) is 5.88.